The molecule has 1 heterocycles. The van der Waals surface area contributed by atoms with Crippen LogP contribution in [-0.2, 0) is 4.79 Å². The number of para-hydroxylation sites is 2. The lowest BCUT2D eigenvalue weighted by molar-refractivity contribution is -0.116. The van der Waals surface area contributed by atoms with E-state index in [9.17, 15) is 9.90 Å². The molecule has 0 aromatic heterocycles. The van der Waals surface area contributed by atoms with Crippen LogP contribution in [0.4, 0.5) is 11.4 Å². The highest BCUT2D eigenvalue weighted by Crippen LogP contribution is 2.46. The predicted molar refractivity (Wildman–Crippen MR) is 136 cm³/mol. The third kappa shape index (κ3) is 4.22. The number of halogens is 2. The van der Waals surface area contributed by atoms with E-state index in [2.05, 4.69) is 10.6 Å². The number of carbonyl (C=O) groups is 1. The van der Waals surface area contributed by atoms with Crippen molar-refractivity contribution in [2.75, 3.05) is 17.2 Å². The van der Waals surface area contributed by atoms with Crippen LogP contribution in [0.1, 0.15) is 42.9 Å². The number of hydrogen-bond donors (Lipinski definition) is 3. The molecule has 2 unspecified atom stereocenters. The van der Waals surface area contributed by atoms with Gasteiger partial charge in [-0.1, -0.05) is 47.5 Å². The van der Waals surface area contributed by atoms with Gasteiger partial charge in [0, 0.05) is 22.7 Å². The highest BCUT2D eigenvalue weighted by Gasteiger charge is 2.36. The van der Waals surface area contributed by atoms with E-state index in [4.69, 9.17) is 27.9 Å². The van der Waals surface area contributed by atoms with Crippen LogP contribution in [-0.4, -0.2) is 17.5 Å². The van der Waals surface area contributed by atoms with Crippen LogP contribution in [0.15, 0.2) is 71.9 Å². The lowest BCUT2D eigenvalue weighted by atomic mass is 9.78. The Bertz CT molecular complexity index is 1290. The van der Waals surface area contributed by atoms with Gasteiger partial charge in [0.1, 0.15) is 0 Å². The molecular formula is C27H24Cl2N2O3. The topological polar surface area (TPSA) is 70.6 Å². The van der Waals surface area contributed by atoms with Crippen molar-refractivity contribution in [2.45, 2.75) is 31.7 Å². The standard InChI is InChI=1S/C27H24Cl2N2O3/c1-2-34-24-14-17(11-19(29)27(24)33)26-25-22(30-20-5-3-4-6-21(20)31-26)12-16(13-23(25)32)15-7-9-18(28)10-8-15/h3-11,14,16,26,30-31,33H,2,12-13H2,1H3. The Morgan fingerprint density at radius 3 is 2.47 bits per heavy atom. The molecule has 3 N–H and O–H groups in total. The zero-order valence-corrected chi connectivity index (χ0v) is 20.1. The van der Waals surface area contributed by atoms with E-state index < -0.39 is 6.04 Å². The van der Waals surface area contributed by atoms with Gasteiger partial charge in [-0.3, -0.25) is 4.79 Å². The zero-order valence-electron chi connectivity index (χ0n) is 18.6. The van der Waals surface area contributed by atoms with Crippen molar-refractivity contribution in [3.05, 3.63) is 93.1 Å². The van der Waals surface area contributed by atoms with Crippen molar-refractivity contribution < 1.29 is 14.6 Å². The van der Waals surface area contributed by atoms with Crippen LogP contribution >= 0.6 is 23.2 Å². The molecule has 1 aliphatic carbocycles. The number of hydrogen-bond acceptors (Lipinski definition) is 5. The van der Waals surface area contributed by atoms with Crippen LogP contribution < -0.4 is 15.4 Å². The lowest BCUT2D eigenvalue weighted by Gasteiger charge is -2.30. The summed E-state index contributed by atoms with van der Waals surface area (Å²) in [4.78, 5) is 13.7. The summed E-state index contributed by atoms with van der Waals surface area (Å²) in [5.41, 5.74) is 5.15. The van der Waals surface area contributed by atoms with Crippen molar-refractivity contribution in [1.29, 1.82) is 0 Å². The summed E-state index contributed by atoms with van der Waals surface area (Å²) in [6.45, 7) is 2.22. The van der Waals surface area contributed by atoms with E-state index in [0.29, 0.717) is 35.8 Å². The number of Topliss-reactive ketones (excluding diaryl/α,β-unsaturated/α-hetero) is 1. The van der Waals surface area contributed by atoms with Gasteiger partial charge >= 0.3 is 0 Å². The van der Waals surface area contributed by atoms with Crippen molar-refractivity contribution in [3.8, 4) is 11.5 Å². The summed E-state index contributed by atoms with van der Waals surface area (Å²) in [6.07, 6.45) is 1.07. The van der Waals surface area contributed by atoms with Gasteiger partial charge in [-0.25, -0.2) is 0 Å². The average Bonchev–Trinajstić information content (AvgIpc) is 2.99. The second-order valence-electron chi connectivity index (χ2n) is 8.50. The molecule has 0 spiro atoms. The molecule has 2 aliphatic rings. The largest absolute Gasteiger partial charge is 0.503 e. The Morgan fingerprint density at radius 1 is 1.00 bits per heavy atom. The van der Waals surface area contributed by atoms with Gasteiger partial charge in [-0.15, -0.1) is 0 Å². The van der Waals surface area contributed by atoms with Crippen LogP contribution in [0.25, 0.3) is 0 Å². The number of ketones is 1. The van der Waals surface area contributed by atoms with E-state index in [1.54, 1.807) is 12.1 Å². The summed E-state index contributed by atoms with van der Waals surface area (Å²) >= 11 is 12.4. The first-order valence-electron chi connectivity index (χ1n) is 11.2. The van der Waals surface area contributed by atoms with E-state index >= 15 is 0 Å². The van der Waals surface area contributed by atoms with E-state index in [1.807, 2.05) is 55.5 Å². The highest BCUT2D eigenvalue weighted by molar-refractivity contribution is 6.32. The Kier molecular flexibility index (Phi) is 6.15. The van der Waals surface area contributed by atoms with Crippen molar-refractivity contribution in [2.24, 2.45) is 0 Å². The van der Waals surface area contributed by atoms with Gasteiger partial charge in [0.25, 0.3) is 0 Å². The fraction of sp³-hybridized carbons (Fsp3) is 0.222. The number of nitrogens with one attached hydrogen (secondary N) is 2. The number of aromatic hydroxyl groups is 1. The average molecular weight is 495 g/mol. The predicted octanol–water partition coefficient (Wildman–Crippen LogP) is 7.08. The molecule has 3 aromatic carbocycles. The van der Waals surface area contributed by atoms with Gasteiger partial charge in [-0.2, -0.15) is 0 Å². The Hall–Kier alpha value is -3.15. The molecule has 0 radical (unpaired) electrons. The van der Waals surface area contributed by atoms with E-state index in [1.165, 1.54) is 0 Å². The Balaban J connectivity index is 1.62. The first-order valence-corrected chi connectivity index (χ1v) is 12.0. The highest BCUT2D eigenvalue weighted by atomic mass is 35.5. The maximum Gasteiger partial charge on any atom is 0.176 e. The van der Waals surface area contributed by atoms with Gasteiger partial charge in [0.2, 0.25) is 0 Å². The number of carbonyl (C=O) groups excluding carboxylic acids is 1. The van der Waals surface area contributed by atoms with Crippen LogP contribution in [0, 0.1) is 0 Å². The molecule has 3 aromatic rings. The smallest absolute Gasteiger partial charge is 0.176 e. The molecule has 0 saturated carbocycles. The first kappa shape index (κ1) is 22.6. The molecule has 0 amide bonds. The van der Waals surface area contributed by atoms with Crippen molar-refractivity contribution in [3.63, 3.8) is 0 Å². The fourth-order valence-corrected chi connectivity index (χ4v) is 5.08. The quantitative estimate of drug-likeness (QED) is 0.361. The number of fused-ring (bicyclic) bond motifs is 1. The van der Waals surface area contributed by atoms with E-state index in [-0.39, 0.29) is 22.5 Å². The summed E-state index contributed by atoms with van der Waals surface area (Å²) in [7, 11) is 0. The maximum atomic E-state index is 13.7. The number of benzene rings is 3. The van der Waals surface area contributed by atoms with E-state index in [0.717, 1.165) is 28.2 Å². The van der Waals surface area contributed by atoms with Crippen molar-refractivity contribution >= 4 is 40.4 Å². The lowest BCUT2D eigenvalue weighted by Crippen LogP contribution is -2.27. The van der Waals surface area contributed by atoms with Crippen LogP contribution in [0.2, 0.25) is 10.0 Å². The fourth-order valence-electron chi connectivity index (χ4n) is 4.74. The number of ether oxygens (including phenoxy) is 1. The van der Waals surface area contributed by atoms with Crippen LogP contribution in [0.3, 0.4) is 0 Å². The number of phenols is 1. The van der Waals surface area contributed by atoms with Crippen LogP contribution in [0.5, 0.6) is 11.5 Å². The number of anilines is 2. The van der Waals surface area contributed by atoms with Gasteiger partial charge in [-0.05, 0) is 66.8 Å². The number of allylic oxidation sites excluding steroid dienone is 1. The maximum absolute atomic E-state index is 13.7. The Morgan fingerprint density at radius 2 is 1.74 bits per heavy atom. The molecule has 7 heteroatoms. The van der Waals surface area contributed by atoms with Gasteiger partial charge in [0.05, 0.1) is 29.0 Å². The molecule has 34 heavy (non-hydrogen) atoms. The monoisotopic (exact) mass is 494 g/mol. The molecule has 2 atom stereocenters. The van der Waals surface area contributed by atoms with Crippen molar-refractivity contribution in [1.82, 2.24) is 0 Å². The number of rotatable bonds is 4. The summed E-state index contributed by atoms with van der Waals surface area (Å²) < 4.78 is 5.61. The molecular weight excluding hydrogens is 471 g/mol. The SMILES string of the molecule is CCOc1cc(C2Nc3ccccc3NC3=C2C(=O)CC(c2ccc(Cl)cc2)C3)cc(Cl)c1O. The normalized spacial score (nSPS) is 19.4. The summed E-state index contributed by atoms with van der Waals surface area (Å²) in [6, 6.07) is 18.5. The molecule has 5 nitrogen and oxygen atoms in total. The third-order valence-electron chi connectivity index (χ3n) is 6.33. The minimum Gasteiger partial charge on any atom is -0.503 e. The Labute approximate surface area is 208 Å². The third-order valence-corrected chi connectivity index (χ3v) is 6.87. The minimum atomic E-state index is -0.456. The summed E-state index contributed by atoms with van der Waals surface area (Å²) in [5.74, 6) is 0.290. The molecule has 0 bridgehead atoms. The molecule has 0 saturated heterocycles. The molecule has 174 valence electrons. The molecule has 0 fully saturated rings. The summed E-state index contributed by atoms with van der Waals surface area (Å²) in [5, 5.41) is 18.3. The minimum absolute atomic E-state index is 0.0457. The first-order chi connectivity index (χ1) is 16.4. The van der Waals surface area contributed by atoms with Gasteiger partial charge in [0.15, 0.2) is 17.3 Å². The zero-order chi connectivity index (χ0) is 23.8. The molecule has 5 rings (SSSR count). The van der Waals surface area contributed by atoms with Gasteiger partial charge < -0.3 is 20.5 Å². The second-order valence-corrected chi connectivity index (χ2v) is 9.35. The number of phenolic OH excluding ortho intramolecular Hbond substituents is 1. The molecule has 1 aliphatic heterocycles. The second kappa shape index (κ2) is 9.24.